The number of amides is 1. The molecule has 2 aromatic heterocycles. The van der Waals surface area contributed by atoms with E-state index in [1.54, 1.807) is 24.6 Å². The molecule has 10 heteroatoms. The standard InChI is InChI=1S/C17H19N3O2.C2HF3O2/c21-17(16-4-2-6-22-16)20-11-14-9-19(10-15(14)12-20)8-13-3-1-5-18-7-13;3-2(4,5)1(6)7/h1-7,14-15H,8-12H2;(H,6,7). The van der Waals surface area contributed by atoms with E-state index in [1.807, 2.05) is 17.2 Å². The molecule has 0 radical (unpaired) electrons. The van der Waals surface area contributed by atoms with Crippen molar-refractivity contribution in [2.75, 3.05) is 26.2 Å². The van der Waals surface area contributed by atoms with Gasteiger partial charge in [0.1, 0.15) is 0 Å². The molecule has 2 fully saturated rings. The summed E-state index contributed by atoms with van der Waals surface area (Å²) in [6.45, 7) is 4.75. The number of carbonyl (C=O) groups is 2. The molecule has 0 spiro atoms. The Bertz CT molecular complexity index is 813. The summed E-state index contributed by atoms with van der Waals surface area (Å²) in [5.74, 6) is -1.12. The Morgan fingerprint density at radius 1 is 1.14 bits per heavy atom. The van der Waals surface area contributed by atoms with Gasteiger partial charge in [0.15, 0.2) is 5.76 Å². The SMILES string of the molecule is O=C(O)C(F)(F)F.O=C(c1ccco1)N1CC2CN(Cc3cccnc3)CC2C1. The Morgan fingerprint density at radius 2 is 1.79 bits per heavy atom. The van der Waals surface area contributed by atoms with Gasteiger partial charge in [0, 0.05) is 45.1 Å². The molecule has 156 valence electrons. The highest BCUT2D eigenvalue weighted by atomic mass is 19.4. The molecule has 1 N–H and O–H groups in total. The molecule has 4 heterocycles. The molecule has 7 nitrogen and oxygen atoms in total. The number of likely N-dealkylation sites (tertiary alicyclic amines) is 2. The molecule has 0 saturated carbocycles. The number of pyridine rings is 1. The lowest BCUT2D eigenvalue weighted by molar-refractivity contribution is -0.192. The van der Waals surface area contributed by atoms with Gasteiger partial charge in [0.2, 0.25) is 0 Å². The molecule has 2 atom stereocenters. The second-order valence-electron chi connectivity index (χ2n) is 7.07. The minimum Gasteiger partial charge on any atom is -0.475 e. The number of fused-ring (bicyclic) bond motifs is 1. The fourth-order valence-electron chi connectivity index (χ4n) is 3.69. The first-order chi connectivity index (χ1) is 13.7. The molecule has 0 bridgehead atoms. The van der Waals surface area contributed by atoms with Crippen molar-refractivity contribution in [1.29, 1.82) is 0 Å². The molecule has 4 rings (SSSR count). The molecule has 2 saturated heterocycles. The summed E-state index contributed by atoms with van der Waals surface area (Å²) in [7, 11) is 0. The van der Waals surface area contributed by atoms with Crippen molar-refractivity contribution in [3.8, 4) is 0 Å². The number of carbonyl (C=O) groups excluding carboxylic acids is 1. The Morgan fingerprint density at radius 3 is 2.28 bits per heavy atom. The normalized spacial score (nSPS) is 21.4. The van der Waals surface area contributed by atoms with E-state index in [-0.39, 0.29) is 5.91 Å². The highest BCUT2D eigenvalue weighted by Gasteiger charge is 2.42. The van der Waals surface area contributed by atoms with Crippen LogP contribution in [0.2, 0.25) is 0 Å². The Hall–Kier alpha value is -2.88. The van der Waals surface area contributed by atoms with Gasteiger partial charge in [-0.25, -0.2) is 4.79 Å². The first-order valence-electron chi connectivity index (χ1n) is 8.98. The molecule has 2 unspecified atom stereocenters. The van der Waals surface area contributed by atoms with Crippen molar-refractivity contribution in [2.45, 2.75) is 12.7 Å². The van der Waals surface area contributed by atoms with E-state index in [0.29, 0.717) is 17.6 Å². The summed E-state index contributed by atoms with van der Waals surface area (Å²) in [5.41, 5.74) is 1.26. The van der Waals surface area contributed by atoms with Crippen LogP contribution in [0.4, 0.5) is 13.2 Å². The third-order valence-corrected chi connectivity index (χ3v) is 4.95. The van der Waals surface area contributed by atoms with Crippen LogP contribution in [-0.2, 0) is 11.3 Å². The zero-order chi connectivity index (χ0) is 21.0. The summed E-state index contributed by atoms with van der Waals surface area (Å²) in [5, 5.41) is 7.12. The number of carboxylic acid groups (broad SMARTS) is 1. The van der Waals surface area contributed by atoms with Gasteiger partial charge in [-0.05, 0) is 35.6 Å². The number of carboxylic acids is 1. The van der Waals surface area contributed by atoms with E-state index in [0.717, 1.165) is 32.7 Å². The van der Waals surface area contributed by atoms with Crippen molar-refractivity contribution in [1.82, 2.24) is 14.8 Å². The number of furan rings is 1. The van der Waals surface area contributed by atoms with Crippen LogP contribution < -0.4 is 0 Å². The zero-order valence-corrected chi connectivity index (χ0v) is 15.4. The lowest BCUT2D eigenvalue weighted by atomic mass is 10.0. The van der Waals surface area contributed by atoms with Crippen molar-refractivity contribution in [3.63, 3.8) is 0 Å². The molecule has 1 amide bonds. The van der Waals surface area contributed by atoms with Gasteiger partial charge in [-0.1, -0.05) is 6.07 Å². The predicted molar refractivity (Wildman–Crippen MR) is 94.8 cm³/mol. The lowest BCUT2D eigenvalue weighted by Gasteiger charge is -2.20. The second kappa shape index (κ2) is 8.64. The van der Waals surface area contributed by atoms with Gasteiger partial charge in [-0.15, -0.1) is 0 Å². The Kier molecular flexibility index (Phi) is 6.21. The summed E-state index contributed by atoms with van der Waals surface area (Å²) < 4.78 is 37.0. The summed E-state index contributed by atoms with van der Waals surface area (Å²) in [6.07, 6.45) is 0.209. The molecular formula is C19H20F3N3O4. The average Bonchev–Trinajstić information content (AvgIpc) is 3.38. The zero-order valence-electron chi connectivity index (χ0n) is 15.4. The van der Waals surface area contributed by atoms with Crippen LogP contribution in [0.1, 0.15) is 16.1 Å². The topological polar surface area (TPSA) is 86.9 Å². The minimum atomic E-state index is -5.08. The molecule has 2 aromatic rings. The number of rotatable bonds is 3. The summed E-state index contributed by atoms with van der Waals surface area (Å²) >= 11 is 0. The highest BCUT2D eigenvalue weighted by Crippen LogP contribution is 2.32. The van der Waals surface area contributed by atoms with Gasteiger partial charge in [0.05, 0.1) is 6.26 Å². The number of halogens is 3. The van der Waals surface area contributed by atoms with Gasteiger partial charge in [0.25, 0.3) is 5.91 Å². The number of nitrogens with zero attached hydrogens (tertiary/aromatic N) is 3. The van der Waals surface area contributed by atoms with Crippen LogP contribution in [0.3, 0.4) is 0 Å². The number of aromatic nitrogens is 1. The largest absolute Gasteiger partial charge is 0.490 e. The van der Waals surface area contributed by atoms with E-state index < -0.39 is 12.1 Å². The molecular weight excluding hydrogens is 391 g/mol. The van der Waals surface area contributed by atoms with Gasteiger partial charge in [-0.3, -0.25) is 14.7 Å². The quantitative estimate of drug-likeness (QED) is 0.835. The van der Waals surface area contributed by atoms with Crippen LogP contribution in [0.15, 0.2) is 47.3 Å². The minimum absolute atomic E-state index is 0.0261. The maximum atomic E-state index is 12.3. The van der Waals surface area contributed by atoms with Crippen LogP contribution in [0.5, 0.6) is 0 Å². The molecule has 0 aliphatic carbocycles. The molecule has 2 aliphatic rings. The number of hydrogen-bond acceptors (Lipinski definition) is 5. The number of aliphatic carboxylic acids is 1. The van der Waals surface area contributed by atoms with Crippen LogP contribution in [0.25, 0.3) is 0 Å². The smallest absolute Gasteiger partial charge is 0.475 e. The van der Waals surface area contributed by atoms with E-state index in [2.05, 4.69) is 16.0 Å². The summed E-state index contributed by atoms with van der Waals surface area (Å²) in [4.78, 5) is 29.8. The Labute approximate surface area is 164 Å². The number of alkyl halides is 3. The number of hydrogen-bond donors (Lipinski definition) is 1. The van der Waals surface area contributed by atoms with Crippen molar-refractivity contribution in [3.05, 3.63) is 54.2 Å². The first-order valence-corrected chi connectivity index (χ1v) is 8.98. The van der Waals surface area contributed by atoms with E-state index in [1.165, 1.54) is 5.56 Å². The van der Waals surface area contributed by atoms with Gasteiger partial charge in [-0.2, -0.15) is 13.2 Å². The van der Waals surface area contributed by atoms with E-state index in [4.69, 9.17) is 14.3 Å². The first kappa shape index (κ1) is 20.8. The monoisotopic (exact) mass is 411 g/mol. The van der Waals surface area contributed by atoms with Crippen molar-refractivity contribution >= 4 is 11.9 Å². The van der Waals surface area contributed by atoms with Gasteiger partial charge < -0.3 is 14.4 Å². The predicted octanol–water partition coefficient (Wildman–Crippen LogP) is 2.51. The van der Waals surface area contributed by atoms with Crippen LogP contribution >= 0.6 is 0 Å². The van der Waals surface area contributed by atoms with Crippen LogP contribution in [-0.4, -0.2) is 64.1 Å². The van der Waals surface area contributed by atoms with Crippen molar-refractivity contribution < 1.29 is 32.3 Å². The van der Waals surface area contributed by atoms with Crippen LogP contribution in [0, 0.1) is 11.8 Å². The Balaban J connectivity index is 0.000000298. The third-order valence-electron chi connectivity index (χ3n) is 4.95. The molecule has 0 aromatic carbocycles. The maximum absolute atomic E-state index is 12.3. The third kappa shape index (κ3) is 5.35. The van der Waals surface area contributed by atoms with Gasteiger partial charge >= 0.3 is 12.1 Å². The lowest BCUT2D eigenvalue weighted by Crippen LogP contribution is -2.32. The molecule has 29 heavy (non-hydrogen) atoms. The fourth-order valence-corrected chi connectivity index (χ4v) is 3.69. The fraction of sp³-hybridized carbons (Fsp3) is 0.421. The highest BCUT2D eigenvalue weighted by molar-refractivity contribution is 5.91. The average molecular weight is 411 g/mol. The second-order valence-corrected chi connectivity index (χ2v) is 7.07. The maximum Gasteiger partial charge on any atom is 0.490 e. The molecule has 2 aliphatic heterocycles. The van der Waals surface area contributed by atoms with E-state index >= 15 is 0 Å². The van der Waals surface area contributed by atoms with Crippen molar-refractivity contribution in [2.24, 2.45) is 11.8 Å². The summed E-state index contributed by atoms with van der Waals surface area (Å²) in [6, 6.07) is 7.61. The van der Waals surface area contributed by atoms with E-state index in [9.17, 15) is 18.0 Å².